The second-order valence-corrected chi connectivity index (χ2v) is 8.07. The molecule has 1 heterocycles. The van der Waals surface area contributed by atoms with Crippen molar-refractivity contribution in [2.24, 2.45) is 0 Å². The molecule has 146 valence electrons. The molecule has 0 unspecified atom stereocenters. The van der Waals surface area contributed by atoms with E-state index in [1.54, 1.807) is 30.5 Å². The maximum absolute atomic E-state index is 12.9. The van der Waals surface area contributed by atoms with E-state index in [-0.39, 0.29) is 36.1 Å². The fourth-order valence-corrected chi connectivity index (χ4v) is 4.07. The topological polar surface area (TPSA) is 88.2 Å². The summed E-state index contributed by atoms with van der Waals surface area (Å²) in [7, 11) is -3.75. The van der Waals surface area contributed by atoms with Crippen LogP contribution in [0.3, 0.4) is 0 Å². The van der Waals surface area contributed by atoms with Gasteiger partial charge in [-0.2, -0.15) is 0 Å². The Kier molecular flexibility index (Phi) is 6.01. The number of benzene rings is 2. The van der Waals surface area contributed by atoms with Crippen LogP contribution in [-0.4, -0.2) is 32.4 Å². The van der Waals surface area contributed by atoms with Crippen molar-refractivity contribution in [2.45, 2.75) is 18.2 Å². The Hall–Kier alpha value is -2.84. The molecular formula is C20H20FN3O3S. The molecule has 0 aliphatic heterocycles. The summed E-state index contributed by atoms with van der Waals surface area (Å²) in [5, 5.41) is 3.20. The van der Waals surface area contributed by atoms with E-state index in [0.29, 0.717) is 16.5 Å². The molecule has 0 aliphatic carbocycles. The highest BCUT2D eigenvalue weighted by atomic mass is 32.2. The minimum Gasteiger partial charge on any atom is -0.355 e. The third-order valence-corrected chi connectivity index (χ3v) is 5.76. The molecule has 6 nitrogen and oxygen atoms in total. The number of rotatable bonds is 7. The third kappa shape index (κ3) is 4.71. The van der Waals surface area contributed by atoms with Crippen LogP contribution in [-0.2, 0) is 21.2 Å². The van der Waals surface area contributed by atoms with Gasteiger partial charge >= 0.3 is 0 Å². The average molecular weight is 401 g/mol. The molecule has 0 radical (unpaired) electrons. The first-order chi connectivity index (χ1) is 13.4. The quantitative estimate of drug-likeness (QED) is 0.595. The lowest BCUT2D eigenvalue weighted by Crippen LogP contribution is -2.35. The van der Waals surface area contributed by atoms with E-state index in [1.165, 1.54) is 24.3 Å². The zero-order valence-electron chi connectivity index (χ0n) is 15.3. The van der Waals surface area contributed by atoms with Gasteiger partial charge in [-0.15, -0.1) is 0 Å². The number of amides is 1. The van der Waals surface area contributed by atoms with Gasteiger partial charge in [0.1, 0.15) is 5.82 Å². The summed E-state index contributed by atoms with van der Waals surface area (Å²) >= 11 is 0. The number of carbonyl (C=O) groups excluding carboxylic acids is 1. The van der Waals surface area contributed by atoms with Crippen LogP contribution in [0, 0.1) is 12.7 Å². The van der Waals surface area contributed by atoms with Crippen LogP contribution in [0.4, 0.5) is 4.39 Å². The van der Waals surface area contributed by atoms with Crippen molar-refractivity contribution in [3.05, 3.63) is 71.7 Å². The molecule has 3 rings (SSSR count). The highest BCUT2D eigenvalue weighted by Gasteiger charge is 2.18. The largest absolute Gasteiger partial charge is 0.355 e. The number of fused-ring (bicyclic) bond motifs is 1. The summed E-state index contributed by atoms with van der Waals surface area (Å²) < 4.78 is 40.6. The van der Waals surface area contributed by atoms with Crippen molar-refractivity contribution in [3.63, 3.8) is 0 Å². The van der Waals surface area contributed by atoms with Crippen LogP contribution in [0.2, 0.25) is 0 Å². The number of halogens is 1. The number of aromatic nitrogens is 1. The maximum atomic E-state index is 12.9. The molecule has 1 aromatic heterocycles. The Bertz CT molecular complexity index is 1100. The zero-order valence-corrected chi connectivity index (χ0v) is 16.1. The second kappa shape index (κ2) is 8.45. The Balaban J connectivity index is 1.58. The molecule has 0 spiro atoms. The van der Waals surface area contributed by atoms with Crippen molar-refractivity contribution in [1.29, 1.82) is 0 Å². The van der Waals surface area contributed by atoms with Gasteiger partial charge in [0, 0.05) is 24.7 Å². The van der Waals surface area contributed by atoms with Crippen LogP contribution < -0.4 is 10.0 Å². The van der Waals surface area contributed by atoms with Crippen LogP contribution in [0.5, 0.6) is 0 Å². The lowest BCUT2D eigenvalue weighted by atomic mass is 10.1. The SMILES string of the molecule is Cc1ccc(S(=O)(=O)NCCNC(=O)Cc2ccc(F)cc2)c2cccnc12. The van der Waals surface area contributed by atoms with Gasteiger partial charge in [-0.3, -0.25) is 9.78 Å². The number of hydrogen-bond acceptors (Lipinski definition) is 4. The van der Waals surface area contributed by atoms with Crippen molar-refractivity contribution in [3.8, 4) is 0 Å². The molecule has 28 heavy (non-hydrogen) atoms. The molecule has 2 N–H and O–H groups in total. The van der Waals surface area contributed by atoms with Gasteiger partial charge in [0.15, 0.2) is 0 Å². The molecule has 8 heteroatoms. The average Bonchev–Trinajstić information content (AvgIpc) is 2.67. The number of aryl methyl sites for hydroxylation is 1. The molecule has 0 fully saturated rings. The molecule has 0 saturated heterocycles. The van der Waals surface area contributed by atoms with E-state index >= 15 is 0 Å². The van der Waals surface area contributed by atoms with Gasteiger partial charge in [0.05, 0.1) is 16.8 Å². The molecule has 1 amide bonds. The first-order valence-corrected chi connectivity index (χ1v) is 10.2. The van der Waals surface area contributed by atoms with E-state index in [2.05, 4.69) is 15.0 Å². The van der Waals surface area contributed by atoms with Crippen molar-refractivity contribution < 1.29 is 17.6 Å². The zero-order chi connectivity index (χ0) is 20.1. The number of hydrogen-bond donors (Lipinski definition) is 2. The summed E-state index contributed by atoms with van der Waals surface area (Å²) in [6.07, 6.45) is 1.72. The Morgan fingerprint density at radius 2 is 1.82 bits per heavy atom. The van der Waals surface area contributed by atoms with E-state index < -0.39 is 10.0 Å². The summed E-state index contributed by atoms with van der Waals surface area (Å²) in [6.45, 7) is 2.06. The predicted octanol–water partition coefficient (Wildman–Crippen LogP) is 2.32. The van der Waals surface area contributed by atoms with Crippen LogP contribution in [0.1, 0.15) is 11.1 Å². The Morgan fingerprint density at radius 1 is 1.07 bits per heavy atom. The second-order valence-electron chi connectivity index (χ2n) is 6.33. The highest BCUT2D eigenvalue weighted by molar-refractivity contribution is 7.89. The Labute approximate surface area is 162 Å². The van der Waals surface area contributed by atoms with E-state index in [4.69, 9.17) is 0 Å². The normalized spacial score (nSPS) is 11.5. The summed E-state index contributed by atoms with van der Waals surface area (Å²) in [6, 6.07) is 12.3. The van der Waals surface area contributed by atoms with E-state index in [1.807, 2.05) is 6.92 Å². The first kappa shape index (κ1) is 19.9. The van der Waals surface area contributed by atoms with Crippen molar-refractivity contribution in [2.75, 3.05) is 13.1 Å². The minimum absolute atomic E-state index is 0.0487. The molecule has 0 atom stereocenters. The number of carbonyl (C=O) groups is 1. The van der Waals surface area contributed by atoms with Gasteiger partial charge in [-0.05, 0) is 48.4 Å². The molecule has 2 aromatic carbocycles. The van der Waals surface area contributed by atoms with Gasteiger partial charge in [-0.25, -0.2) is 17.5 Å². The van der Waals surface area contributed by atoms with Gasteiger partial charge in [0.25, 0.3) is 0 Å². The monoisotopic (exact) mass is 401 g/mol. The fourth-order valence-electron chi connectivity index (χ4n) is 2.84. The first-order valence-electron chi connectivity index (χ1n) is 8.72. The fraction of sp³-hybridized carbons (Fsp3) is 0.200. The van der Waals surface area contributed by atoms with E-state index in [0.717, 1.165) is 5.56 Å². The lowest BCUT2D eigenvalue weighted by Gasteiger charge is -2.11. The standard InChI is InChI=1S/C20H20FN3O3S/c1-14-4-9-18(17-3-2-10-23-20(14)17)28(26,27)24-12-11-22-19(25)13-15-5-7-16(21)8-6-15/h2-10,24H,11-13H2,1H3,(H,22,25). The van der Waals surface area contributed by atoms with Crippen LogP contribution >= 0.6 is 0 Å². The predicted molar refractivity (Wildman–Crippen MR) is 105 cm³/mol. The molecule has 0 saturated carbocycles. The van der Waals surface area contributed by atoms with Crippen LogP contribution in [0.25, 0.3) is 10.9 Å². The Morgan fingerprint density at radius 3 is 2.57 bits per heavy atom. The van der Waals surface area contributed by atoms with Crippen LogP contribution in [0.15, 0.2) is 59.6 Å². The van der Waals surface area contributed by atoms with Gasteiger partial charge in [0.2, 0.25) is 15.9 Å². The maximum Gasteiger partial charge on any atom is 0.241 e. The smallest absolute Gasteiger partial charge is 0.241 e. The molecule has 0 aliphatic rings. The van der Waals surface area contributed by atoms with Crippen molar-refractivity contribution >= 4 is 26.8 Å². The van der Waals surface area contributed by atoms with Gasteiger partial charge < -0.3 is 5.32 Å². The highest BCUT2D eigenvalue weighted by Crippen LogP contribution is 2.23. The summed E-state index contributed by atoms with van der Waals surface area (Å²) in [5.74, 6) is -0.631. The number of nitrogens with one attached hydrogen (secondary N) is 2. The molecule has 0 bridgehead atoms. The number of pyridine rings is 1. The van der Waals surface area contributed by atoms with E-state index in [9.17, 15) is 17.6 Å². The summed E-state index contributed by atoms with van der Waals surface area (Å²) in [4.78, 5) is 16.3. The lowest BCUT2D eigenvalue weighted by molar-refractivity contribution is -0.120. The number of nitrogens with zero attached hydrogens (tertiary/aromatic N) is 1. The minimum atomic E-state index is -3.75. The number of sulfonamides is 1. The third-order valence-electron chi connectivity index (χ3n) is 4.24. The van der Waals surface area contributed by atoms with Crippen molar-refractivity contribution in [1.82, 2.24) is 15.0 Å². The summed E-state index contributed by atoms with van der Waals surface area (Å²) in [5.41, 5.74) is 2.21. The van der Waals surface area contributed by atoms with Gasteiger partial charge in [-0.1, -0.05) is 18.2 Å². The molecular weight excluding hydrogens is 381 g/mol. The molecule has 3 aromatic rings.